The second-order valence-electron chi connectivity index (χ2n) is 9.97. The molecule has 3 aromatic carbocycles. The Bertz CT molecular complexity index is 2240. The van der Waals surface area contributed by atoms with Crippen LogP contribution in [0.1, 0.15) is 11.1 Å². The minimum absolute atomic E-state index is 0.579. The molecule has 0 bridgehead atoms. The second-order valence-corrected chi connectivity index (χ2v) is 9.97. The van der Waals surface area contributed by atoms with E-state index >= 15 is 0 Å². The summed E-state index contributed by atoms with van der Waals surface area (Å²) in [5.41, 5.74) is 7.08. The fourth-order valence-corrected chi connectivity index (χ4v) is 7.52. The van der Waals surface area contributed by atoms with E-state index in [4.69, 9.17) is 14.7 Å². The predicted octanol–water partition coefficient (Wildman–Crippen LogP) is 4.20. The van der Waals surface area contributed by atoms with Gasteiger partial charge in [0, 0.05) is 28.6 Å². The molecule has 8 heterocycles. The first kappa shape index (κ1) is 16.6. The molecule has 1 spiro atoms. The number of rotatable bonds is 0. The van der Waals surface area contributed by atoms with E-state index in [-0.39, 0.29) is 0 Å². The molecular weight excluding hydrogens is 448 g/mol. The van der Waals surface area contributed by atoms with Gasteiger partial charge in [-0.05, 0) is 30.3 Å². The van der Waals surface area contributed by atoms with Crippen LogP contribution in [0.5, 0.6) is 11.5 Å². The molecule has 5 aromatic heterocycles. The van der Waals surface area contributed by atoms with Crippen LogP contribution in [0.4, 0.5) is 0 Å². The number of fused-ring (bicyclic) bond motifs is 6. The second kappa shape index (κ2) is 4.85. The summed E-state index contributed by atoms with van der Waals surface area (Å²) in [6, 6.07) is 17.3. The zero-order valence-corrected chi connectivity index (χ0v) is 18.7. The van der Waals surface area contributed by atoms with Crippen molar-refractivity contribution in [1.29, 1.82) is 0 Å². The lowest BCUT2D eigenvalue weighted by atomic mass is 9.85. The topological polar surface area (TPSA) is 51.6 Å². The van der Waals surface area contributed by atoms with Gasteiger partial charge in [-0.15, -0.1) is 0 Å². The number of hydrogen-bond donors (Lipinski definition) is 0. The minimum atomic E-state index is -0.579. The third kappa shape index (κ3) is 1.36. The van der Waals surface area contributed by atoms with Gasteiger partial charge in [-0.3, -0.25) is 0 Å². The molecule has 7 heteroatoms. The monoisotopic (exact) mass is 462 g/mol. The van der Waals surface area contributed by atoms with Gasteiger partial charge in [0.25, 0.3) is 11.3 Å². The zero-order chi connectivity index (χ0) is 22.9. The molecule has 0 amide bonds. The molecule has 0 aliphatic carbocycles. The van der Waals surface area contributed by atoms with Crippen LogP contribution in [0, 0.1) is 0 Å². The first-order valence-electron chi connectivity index (χ1n) is 12.1. The molecule has 0 saturated carbocycles. The van der Waals surface area contributed by atoms with E-state index in [2.05, 4.69) is 91.3 Å². The Hall–Kier alpha value is -5.04. The number of imidazole rings is 2. The SMILES string of the molecule is c1ccc2c(c1)c1ccc3c4c1c1n2cc[n+]1C41c2c(ccc4c5nccnc5n5cc[n+]1c5c24)O3. The van der Waals surface area contributed by atoms with E-state index in [0.717, 1.165) is 33.7 Å². The summed E-state index contributed by atoms with van der Waals surface area (Å²) in [5.74, 6) is 1.81. The summed E-state index contributed by atoms with van der Waals surface area (Å²) in [5, 5.41) is 6.02. The fraction of sp³-hybridized carbons (Fsp3) is 0.0345. The number of para-hydroxylation sites is 1. The van der Waals surface area contributed by atoms with Crippen molar-refractivity contribution in [1.82, 2.24) is 18.8 Å². The number of ether oxygens (including phenoxy) is 1. The average Bonchev–Trinajstić information content (AvgIpc) is 3.68. The normalized spacial score (nSPS) is 18.3. The lowest BCUT2D eigenvalue weighted by Gasteiger charge is -2.30. The molecule has 8 aromatic rings. The predicted molar refractivity (Wildman–Crippen MR) is 132 cm³/mol. The van der Waals surface area contributed by atoms with Crippen molar-refractivity contribution in [3.05, 3.63) is 96.8 Å². The van der Waals surface area contributed by atoms with Crippen LogP contribution in [-0.4, -0.2) is 18.8 Å². The molecule has 164 valence electrons. The van der Waals surface area contributed by atoms with Crippen molar-refractivity contribution in [3.8, 4) is 11.5 Å². The highest BCUT2D eigenvalue weighted by Crippen LogP contribution is 2.57. The maximum atomic E-state index is 6.69. The van der Waals surface area contributed by atoms with Crippen LogP contribution in [0.3, 0.4) is 0 Å². The lowest BCUT2D eigenvalue weighted by molar-refractivity contribution is -0.944. The summed E-state index contributed by atoms with van der Waals surface area (Å²) < 4.78 is 16.1. The number of nitrogens with zero attached hydrogens (tertiary/aromatic N) is 6. The molecule has 3 aliphatic heterocycles. The van der Waals surface area contributed by atoms with Gasteiger partial charge in [0.2, 0.25) is 0 Å². The number of hydrogen-bond acceptors (Lipinski definition) is 3. The molecule has 7 nitrogen and oxygen atoms in total. The Kier molecular flexibility index (Phi) is 2.23. The first-order valence-corrected chi connectivity index (χ1v) is 12.1. The molecule has 11 rings (SSSR count). The van der Waals surface area contributed by atoms with E-state index in [1.165, 1.54) is 43.8 Å². The standard InChI is InChI=1S/C29H14N6O/c1-2-4-18-15(3-1)16-5-7-19-23-21(16)27-32(18)11-13-34(27)29(23)24-20(36-19)8-6-17-22(24)28-33(12-14-35(28)29)26-25(17)30-9-10-31-26/h1-14H/q+2. The Morgan fingerprint density at radius 2 is 1.39 bits per heavy atom. The van der Waals surface area contributed by atoms with Crippen LogP contribution < -0.4 is 13.9 Å². The Morgan fingerprint density at radius 1 is 0.694 bits per heavy atom. The van der Waals surface area contributed by atoms with E-state index in [0.29, 0.717) is 0 Å². The quantitative estimate of drug-likeness (QED) is 0.251. The van der Waals surface area contributed by atoms with Gasteiger partial charge in [-0.25, -0.2) is 9.97 Å². The van der Waals surface area contributed by atoms with E-state index < -0.39 is 5.66 Å². The fourth-order valence-electron chi connectivity index (χ4n) is 7.52. The van der Waals surface area contributed by atoms with Gasteiger partial charge >= 0.3 is 11.3 Å². The number of pyridine rings is 2. The van der Waals surface area contributed by atoms with Crippen molar-refractivity contribution in [2.75, 3.05) is 0 Å². The van der Waals surface area contributed by atoms with Crippen molar-refractivity contribution < 1.29 is 13.9 Å². The van der Waals surface area contributed by atoms with Gasteiger partial charge < -0.3 is 4.74 Å². The van der Waals surface area contributed by atoms with Crippen molar-refractivity contribution in [3.63, 3.8) is 0 Å². The first-order chi connectivity index (χ1) is 17.9. The highest BCUT2D eigenvalue weighted by Gasteiger charge is 2.65. The highest BCUT2D eigenvalue weighted by molar-refractivity contribution is 6.16. The van der Waals surface area contributed by atoms with Crippen molar-refractivity contribution in [2.45, 2.75) is 5.66 Å². The van der Waals surface area contributed by atoms with Gasteiger partial charge in [-0.1, -0.05) is 18.2 Å². The summed E-state index contributed by atoms with van der Waals surface area (Å²) in [4.78, 5) is 9.50. The third-order valence-corrected chi connectivity index (χ3v) is 8.65. The molecule has 3 aliphatic rings. The number of aromatic nitrogens is 6. The summed E-state index contributed by atoms with van der Waals surface area (Å²) >= 11 is 0. The van der Waals surface area contributed by atoms with Crippen LogP contribution in [0.25, 0.3) is 54.9 Å². The summed E-state index contributed by atoms with van der Waals surface area (Å²) in [6.07, 6.45) is 12.3. The average molecular weight is 462 g/mol. The van der Waals surface area contributed by atoms with Crippen molar-refractivity contribution >= 4 is 54.9 Å². The molecule has 36 heavy (non-hydrogen) atoms. The van der Waals surface area contributed by atoms with Crippen LogP contribution in [0.2, 0.25) is 0 Å². The van der Waals surface area contributed by atoms with Gasteiger partial charge in [-0.2, -0.15) is 17.9 Å². The molecule has 0 saturated heterocycles. The Labute approximate surface area is 201 Å². The molecule has 0 fully saturated rings. The maximum absolute atomic E-state index is 6.69. The zero-order valence-electron chi connectivity index (χ0n) is 18.7. The molecular formula is C29H14N6O+2. The molecule has 1 atom stereocenters. The largest absolute Gasteiger partial charge is 0.456 e. The van der Waals surface area contributed by atoms with Crippen LogP contribution in [-0.2, 0) is 5.66 Å². The van der Waals surface area contributed by atoms with Gasteiger partial charge in [0.15, 0.2) is 0 Å². The van der Waals surface area contributed by atoms with E-state index in [9.17, 15) is 0 Å². The summed E-state index contributed by atoms with van der Waals surface area (Å²) in [7, 11) is 0. The highest BCUT2D eigenvalue weighted by atomic mass is 16.5. The summed E-state index contributed by atoms with van der Waals surface area (Å²) in [6.45, 7) is 0. The molecule has 1 unspecified atom stereocenters. The molecule has 0 radical (unpaired) electrons. The van der Waals surface area contributed by atoms with Gasteiger partial charge in [0.1, 0.15) is 58.4 Å². The minimum Gasteiger partial charge on any atom is -0.456 e. The third-order valence-electron chi connectivity index (χ3n) is 8.65. The maximum Gasteiger partial charge on any atom is 0.315 e. The Balaban J connectivity index is 1.50. The van der Waals surface area contributed by atoms with Crippen LogP contribution >= 0.6 is 0 Å². The van der Waals surface area contributed by atoms with E-state index in [1.807, 2.05) is 0 Å². The van der Waals surface area contributed by atoms with Gasteiger partial charge in [0.05, 0.1) is 10.8 Å². The van der Waals surface area contributed by atoms with E-state index in [1.54, 1.807) is 12.4 Å². The molecule has 0 N–H and O–H groups in total. The lowest BCUT2D eigenvalue weighted by Crippen LogP contribution is -2.71. The number of benzene rings is 3. The van der Waals surface area contributed by atoms with Crippen LogP contribution in [0.15, 0.2) is 85.7 Å². The van der Waals surface area contributed by atoms with Crippen molar-refractivity contribution in [2.24, 2.45) is 0 Å². The Morgan fingerprint density at radius 3 is 2.25 bits per heavy atom. The smallest absolute Gasteiger partial charge is 0.315 e.